The lowest BCUT2D eigenvalue weighted by molar-refractivity contribution is 0.0954. The van der Waals surface area contributed by atoms with Gasteiger partial charge in [-0.05, 0) is 37.6 Å². The largest absolute Gasteiger partial charge is 0.382 e. The van der Waals surface area contributed by atoms with E-state index in [1.165, 1.54) is 0 Å². The molecule has 1 rings (SSSR count). The van der Waals surface area contributed by atoms with E-state index >= 15 is 0 Å². The number of carbonyl (C=O) groups is 1. The van der Waals surface area contributed by atoms with Crippen LogP contribution in [0, 0.1) is 0 Å². The van der Waals surface area contributed by atoms with Crippen LogP contribution in [0.3, 0.4) is 0 Å². The molecule has 0 saturated heterocycles. The molecule has 0 heterocycles. The van der Waals surface area contributed by atoms with Crippen LogP contribution in [0.25, 0.3) is 0 Å². The van der Waals surface area contributed by atoms with E-state index in [0.717, 1.165) is 36.6 Å². The molecule has 0 aliphatic heterocycles. The standard InChI is InChI=1S/C16H25BrN4O2/c1-3-23-12-4-9-20-16(18-2)21-11-10-19-15(22)13-5-7-14(17)8-6-13/h5-8H,3-4,9-12H2,1-2H3,(H,19,22)(H2,18,20,21). The van der Waals surface area contributed by atoms with Gasteiger partial charge in [-0.25, -0.2) is 0 Å². The normalized spacial score (nSPS) is 11.2. The lowest BCUT2D eigenvalue weighted by Gasteiger charge is -2.12. The van der Waals surface area contributed by atoms with E-state index in [1.807, 2.05) is 19.1 Å². The van der Waals surface area contributed by atoms with Crippen LogP contribution in [0.5, 0.6) is 0 Å². The second kappa shape index (κ2) is 11.9. The molecule has 0 saturated carbocycles. The van der Waals surface area contributed by atoms with Gasteiger partial charge in [-0.1, -0.05) is 15.9 Å². The Morgan fingerprint density at radius 1 is 1.13 bits per heavy atom. The molecule has 3 N–H and O–H groups in total. The Morgan fingerprint density at radius 3 is 2.43 bits per heavy atom. The van der Waals surface area contributed by atoms with Gasteiger partial charge in [0.1, 0.15) is 0 Å². The summed E-state index contributed by atoms with van der Waals surface area (Å²) in [5.41, 5.74) is 0.645. The fourth-order valence-electron chi connectivity index (χ4n) is 1.81. The van der Waals surface area contributed by atoms with Gasteiger partial charge in [0.25, 0.3) is 5.91 Å². The highest BCUT2D eigenvalue weighted by atomic mass is 79.9. The topological polar surface area (TPSA) is 74.8 Å². The van der Waals surface area contributed by atoms with Gasteiger partial charge in [0.05, 0.1) is 0 Å². The van der Waals surface area contributed by atoms with Gasteiger partial charge in [-0.3, -0.25) is 9.79 Å². The van der Waals surface area contributed by atoms with Gasteiger partial charge < -0.3 is 20.7 Å². The van der Waals surface area contributed by atoms with Crippen LogP contribution >= 0.6 is 15.9 Å². The van der Waals surface area contributed by atoms with E-state index in [2.05, 4.69) is 36.9 Å². The Balaban J connectivity index is 2.17. The number of nitrogens with one attached hydrogen (secondary N) is 3. The zero-order valence-corrected chi connectivity index (χ0v) is 15.3. The Kier molecular flexibility index (Phi) is 10.1. The van der Waals surface area contributed by atoms with Crippen LogP contribution in [-0.4, -0.2) is 51.8 Å². The van der Waals surface area contributed by atoms with Crippen molar-refractivity contribution in [2.75, 3.05) is 39.9 Å². The minimum Gasteiger partial charge on any atom is -0.382 e. The summed E-state index contributed by atoms with van der Waals surface area (Å²) in [6, 6.07) is 7.26. The smallest absolute Gasteiger partial charge is 0.251 e. The molecule has 128 valence electrons. The number of carbonyl (C=O) groups excluding carboxylic acids is 1. The second-order valence-corrected chi connectivity index (χ2v) is 5.65. The number of amides is 1. The molecule has 0 atom stereocenters. The number of rotatable bonds is 9. The first-order chi connectivity index (χ1) is 11.2. The van der Waals surface area contributed by atoms with Crippen molar-refractivity contribution in [1.82, 2.24) is 16.0 Å². The summed E-state index contributed by atoms with van der Waals surface area (Å²) in [7, 11) is 1.72. The molecule has 0 unspecified atom stereocenters. The fourth-order valence-corrected chi connectivity index (χ4v) is 2.07. The van der Waals surface area contributed by atoms with Crippen molar-refractivity contribution in [2.45, 2.75) is 13.3 Å². The molecule has 7 heteroatoms. The van der Waals surface area contributed by atoms with Crippen molar-refractivity contribution < 1.29 is 9.53 Å². The number of hydrogen-bond donors (Lipinski definition) is 3. The van der Waals surface area contributed by atoms with Crippen LogP contribution in [0.4, 0.5) is 0 Å². The summed E-state index contributed by atoms with van der Waals surface area (Å²) in [4.78, 5) is 16.1. The van der Waals surface area contributed by atoms with Crippen molar-refractivity contribution in [2.24, 2.45) is 4.99 Å². The van der Waals surface area contributed by atoms with Crippen molar-refractivity contribution >= 4 is 27.8 Å². The van der Waals surface area contributed by atoms with Crippen LogP contribution < -0.4 is 16.0 Å². The number of hydrogen-bond acceptors (Lipinski definition) is 3. The van der Waals surface area contributed by atoms with Gasteiger partial charge in [0, 0.05) is 49.9 Å². The molecule has 0 fully saturated rings. The zero-order chi connectivity index (χ0) is 16.9. The number of ether oxygens (including phenoxy) is 1. The van der Waals surface area contributed by atoms with Crippen LogP contribution in [-0.2, 0) is 4.74 Å². The highest BCUT2D eigenvalue weighted by molar-refractivity contribution is 9.10. The van der Waals surface area contributed by atoms with E-state index < -0.39 is 0 Å². The zero-order valence-electron chi connectivity index (χ0n) is 13.7. The Hall–Kier alpha value is -1.60. The molecule has 23 heavy (non-hydrogen) atoms. The summed E-state index contributed by atoms with van der Waals surface area (Å²) in [5, 5.41) is 9.21. The van der Waals surface area contributed by atoms with Gasteiger partial charge in [0.2, 0.25) is 0 Å². The minimum atomic E-state index is -0.0843. The molecular weight excluding hydrogens is 360 g/mol. The van der Waals surface area contributed by atoms with E-state index in [0.29, 0.717) is 18.7 Å². The molecule has 1 aromatic carbocycles. The maximum absolute atomic E-state index is 11.9. The minimum absolute atomic E-state index is 0.0843. The first kappa shape index (κ1) is 19.4. The summed E-state index contributed by atoms with van der Waals surface area (Å²) in [6.07, 6.45) is 0.925. The highest BCUT2D eigenvalue weighted by Gasteiger charge is 2.04. The van der Waals surface area contributed by atoms with Crippen molar-refractivity contribution in [1.29, 1.82) is 0 Å². The van der Waals surface area contributed by atoms with Crippen LogP contribution in [0.2, 0.25) is 0 Å². The second-order valence-electron chi connectivity index (χ2n) is 4.74. The molecule has 6 nitrogen and oxygen atoms in total. The fraction of sp³-hybridized carbons (Fsp3) is 0.500. The Labute approximate surface area is 146 Å². The number of guanidine groups is 1. The molecule has 0 aliphatic rings. The Bertz CT molecular complexity index is 491. The molecular formula is C16H25BrN4O2. The molecule has 0 bridgehead atoms. The van der Waals surface area contributed by atoms with Gasteiger partial charge >= 0.3 is 0 Å². The molecule has 1 amide bonds. The third kappa shape index (κ3) is 8.56. The molecule has 1 aromatic rings. The average Bonchev–Trinajstić information content (AvgIpc) is 2.57. The SMILES string of the molecule is CCOCCCNC(=NC)NCCNC(=O)c1ccc(Br)cc1. The molecule has 0 radical (unpaired) electrons. The van der Waals surface area contributed by atoms with Gasteiger partial charge in [-0.2, -0.15) is 0 Å². The quantitative estimate of drug-likeness (QED) is 0.344. The average molecular weight is 385 g/mol. The predicted molar refractivity (Wildman–Crippen MR) is 96.9 cm³/mol. The maximum atomic E-state index is 11.9. The first-order valence-corrected chi connectivity index (χ1v) is 8.52. The van der Waals surface area contributed by atoms with E-state index in [-0.39, 0.29) is 5.91 Å². The number of benzene rings is 1. The summed E-state index contributed by atoms with van der Waals surface area (Å²) in [5.74, 6) is 0.637. The number of nitrogens with zero attached hydrogens (tertiary/aromatic N) is 1. The third-order valence-corrected chi connectivity index (χ3v) is 3.52. The van der Waals surface area contributed by atoms with E-state index in [9.17, 15) is 4.79 Å². The van der Waals surface area contributed by atoms with Gasteiger partial charge in [0.15, 0.2) is 5.96 Å². The van der Waals surface area contributed by atoms with Crippen LogP contribution in [0.1, 0.15) is 23.7 Å². The van der Waals surface area contributed by atoms with Crippen molar-refractivity contribution in [3.05, 3.63) is 34.3 Å². The van der Waals surface area contributed by atoms with E-state index in [1.54, 1.807) is 19.2 Å². The number of aliphatic imine (C=N–C) groups is 1. The molecule has 0 aromatic heterocycles. The molecule has 0 aliphatic carbocycles. The lowest BCUT2D eigenvalue weighted by Crippen LogP contribution is -2.42. The third-order valence-electron chi connectivity index (χ3n) is 3.00. The van der Waals surface area contributed by atoms with Gasteiger partial charge in [-0.15, -0.1) is 0 Å². The Morgan fingerprint density at radius 2 is 1.78 bits per heavy atom. The summed E-state index contributed by atoms with van der Waals surface area (Å²) in [6.45, 7) is 5.39. The summed E-state index contributed by atoms with van der Waals surface area (Å²) >= 11 is 3.35. The molecule has 0 spiro atoms. The van der Waals surface area contributed by atoms with Crippen molar-refractivity contribution in [3.8, 4) is 0 Å². The maximum Gasteiger partial charge on any atom is 0.251 e. The highest BCUT2D eigenvalue weighted by Crippen LogP contribution is 2.10. The first-order valence-electron chi connectivity index (χ1n) is 7.73. The lowest BCUT2D eigenvalue weighted by atomic mass is 10.2. The van der Waals surface area contributed by atoms with Crippen molar-refractivity contribution in [3.63, 3.8) is 0 Å². The van der Waals surface area contributed by atoms with E-state index in [4.69, 9.17) is 4.74 Å². The monoisotopic (exact) mass is 384 g/mol. The predicted octanol–water partition coefficient (Wildman–Crippen LogP) is 1.77. The summed E-state index contributed by atoms with van der Waals surface area (Å²) < 4.78 is 6.23. The van der Waals surface area contributed by atoms with Crippen LogP contribution in [0.15, 0.2) is 33.7 Å². The number of halogens is 1.